The molecule has 0 aliphatic carbocycles. The van der Waals surface area contributed by atoms with E-state index in [1.165, 1.54) is 7.05 Å². The van der Waals surface area contributed by atoms with Gasteiger partial charge in [0.2, 0.25) is 11.8 Å². The van der Waals surface area contributed by atoms with E-state index in [1.807, 2.05) is 0 Å². The van der Waals surface area contributed by atoms with Crippen molar-refractivity contribution in [3.05, 3.63) is 10.4 Å². The van der Waals surface area contributed by atoms with Crippen molar-refractivity contribution in [2.24, 2.45) is 0 Å². The molecule has 2 amide bonds. The van der Waals surface area contributed by atoms with Gasteiger partial charge in [-0.2, -0.15) is 4.98 Å². The number of nitrogens with two attached hydrogens (primary N) is 1. The molecule has 0 bridgehead atoms. The Kier molecular flexibility index (Phi) is 2.56. The standard InChI is InChI=1S/C6H9N5O3/c1-8-6(14)9-2-3(12)10-5(7)11-4(2)13/h1H3,(H2,8,9,14)(H4,7,10,11,12,13). The van der Waals surface area contributed by atoms with Gasteiger partial charge in [0.25, 0.3) is 5.56 Å². The largest absolute Gasteiger partial charge is 0.492 e. The van der Waals surface area contributed by atoms with Gasteiger partial charge in [0.1, 0.15) is 0 Å². The number of nitrogens with one attached hydrogen (secondary N) is 3. The number of urea groups is 1. The average molecular weight is 199 g/mol. The summed E-state index contributed by atoms with van der Waals surface area (Å²) in [5.74, 6) is -0.857. The molecule has 0 aromatic carbocycles. The van der Waals surface area contributed by atoms with Gasteiger partial charge in [0.05, 0.1) is 0 Å². The molecule has 0 saturated carbocycles. The molecule has 8 heteroatoms. The second-order valence-electron chi connectivity index (χ2n) is 2.35. The molecule has 0 saturated heterocycles. The van der Waals surface area contributed by atoms with E-state index in [0.29, 0.717) is 0 Å². The fourth-order valence-corrected chi connectivity index (χ4v) is 0.767. The quantitative estimate of drug-likeness (QED) is 0.387. The summed E-state index contributed by atoms with van der Waals surface area (Å²) in [5, 5.41) is 13.5. The number of carbonyl (C=O) groups excluding carboxylic acids is 1. The van der Waals surface area contributed by atoms with Gasteiger partial charge in [-0.1, -0.05) is 0 Å². The lowest BCUT2D eigenvalue weighted by atomic mass is 10.5. The number of aromatic amines is 1. The highest BCUT2D eigenvalue weighted by Crippen LogP contribution is 2.13. The second-order valence-corrected chi connectivity index (χ2v) is 2.35. The first-order valence-corrected chi connectivity index (χ1v) is 3.62. The minimum Gasteiger partial charge on any atom is -0.492 e. The maximum atomic E-state index is 11.1. The van der Waals surface area contributed by atoms with Gasteiger partial charge in [0.15, 0.2) is 5.69 Å². The minimum atomic E-state index is -0.724. The van der Waals surface area contributed by atoms with Crippen molar-refractivity contribution in [3.8, 4) is 5.88 Å². The van der Waals surface area contributed by atoms with Crippen LogP contribution in [0.2, 0.25) is 0 Å². The molecule has 0 aliphatic heterocycles. The van der Waals surface area contributed by atoms with Crippen LogP contribution < -0.4 is 21.9 Å². The summed E-state index contributed by atoms with van der Waals surface area (Å²) in [6, 6.07) is -0.641. The van der Waals surface area contributed by atoms with Crippen molar-refractivity contribution in [3.63, 3.8) is 0 Å². The number of aromatic nitrogens is 2. The van der Waals surface area contributed by atoms with Crippen LogP contribution in [0.4, 0.5) is 16.4 Å². The van der Waals surface area contributed by atoms with Crippen molar-refractivity contribution in [1.82, 2.24) is 15.3 Å². The van der Waals surface area contributed by atoms with Gasteiger partial charge < -0.3 is 16.2 Å². The first-order chi connectivity index (χ1) is 6.54. The Hall–Kier alpha value is -2.25. The smallest absolute Gasteiger partial charge is 0.319 e. The lowest BCUT2D eigenvalue weighted by Crippen LogP contribution is -2.28. The van der Waals surface area contributed by atoms with Crippen LogP contribution in [0.1, 0.15) is 0 Å². The SMILES string of the molecule is CNC(=O)Nc1c(O)nc(N)[nH]c1=O. The lowest BCUT2D eigenvalue weighted by molar-refractivity contribution is 0.253. The number of hydrogen-bond acceptors (Lipinski definition) is 5. The van der Waals surface area contributed by atoms with Crippen LogP contribution in [0.25, 0.3) is 0 Å². The van der Waals surface area contributed by atoms with E-state index in [2.05, 4.69) is 20.6 Å². The Balaban J connectivity index is 3.09. The molecule has 6 N–H and O–H groups in total. The summed E-state index contributed by atoms with van der Waals surface area (Å²) in [6.07, 6.45) is 0. The third-order valence-corrected chi connectivity index (χ3v) is 1.38. The van der Waals surface area contributed by atoms with Crippen LogP contribution in [0.15, 0.2) is 4.79 Å². The summed E-state index contributed by atoms with van der Waals surface area (Å²) in [4.78, 5) is 27.4. The van der Waals surface area contributed by atoms with E-state index < -0.39 is 17.5 Å². The zero-order chi connectivity index (χ0) is 10.7. The third kappa shape index (κ3) is 1.91. The number of amides is 2. The second kappa shape index (κ2) is 3.64. The number of nitrogen functional groups attached to an aromatic ring is 1. The van der Waals surface area contributed by atoms with Crippen LogP contribution in [0.3, 0.4) is 0 Å². The number of anilines is 2. The maximum Gasteiger partial charge on any atom is 0.319 e. The molecule has 0 unspecified atom stereocenters. The highest BCUT2D eigenvalue weighted by molar-refractivity contribution is 5.89. The third-order valence-electron chi connectivity index (χ3n) is 1.38. The van der Waals surface area contributed by atoms with E-state index >= 15 is 0 Å². The molecule has 0 radical (unpaired) electrons. The molecule has 1 aromatic rings. The van der Waals surface area contributed by atoms with Gasteiger partial charge in [-0.25, -0.2) is 4.79 Å². The highest BCUT2D eigenvalue weighted by atomic mass is 16.3. The molecule has 8 nitrogen and oxygen atoms in total. The highest BCUT2D eigenvalue weighted by Gasteiger charge is 2.11. The summed E-state index contributed by atoms with van der Waals surface area (Å²) < 4.78 is 0. The molecule has 76 valence electrons. The van der Waals surface area contributed by atoms with E-state index in [0.717, 1.165) is 0 Å². The van der Waals surface area contributed by atoms with Gasteiger partial charge >= 0.3 is 6.03 Å². The summed E-state index contributed by atoms with van der Waals surface area (Å²) in [6.45, 7) is 0. The molecule has 0 atom stereocenters. The van der Waals surface area contributed by atoms with E-state index in [4.69, 9.17) is 10.8 Å². The van der Waals surface area contributed by atoms with E-state index in [1.54, 1.807) is 0 Å². The number of nitrogens with zero attached hydrogens (tertiary/aromatic N) is 1. The fraction of sp³-hybridized carbons (Fsp3) is 0.167. The van der Waals surface area contributed by atoms with Crippen molar-refractivity contribution < 1.29 is 9.90 Å². The Morgan fingerprint density at radius 1 is 1.64 bits per heavy atom. The molecule has 0 spiro atoms. The number of hydrogen-bond donors (Lipinski definition) is 5. The van der Waals surface area contributed by atoms with Gasteiger partial charge in [-0.3, -0.25) is 15.1 Å². The van der Waals surface area contributed by atoms with Crippen LogP contribution in [0.5, 0.6) is 5.88 Å². The van der Waals surface area contributed by atoms with Crippen molar-refractivity contribution in [1.29, 1.82) is 0 Å². The zero-order valence-electron chi connectivity index (χ0n) is 7.29. The number of carbonyl (C=O) groups is 1. The van der Waals surface area contributed by atoms with Gasteiger partial charge in [-0.15, -0.1) is 0 Å². The molecule has 1 rings (SSSR count). The van der Waals surface area contributed by atoms with E-state index in [-0.39, 0.29) is 11.6 Å². The predicted molar refractivity (Wildman–Crippen MR) is 49.0 cm³/mol. The summed E-state index contributed by atoms with van der Waals surface area (Å²) >= 11 is 0. The molecule has 1 heterocycles. The van der Waals surface area contributed by atoms with Crippen molar-refractivity contribution >= 4 is 17.7 Å². The summed E-state index contributed by atoms with van der Waals surface area (Å²) in [7, 11) is 1.37. The predicted octanol–water partition coefficient (Wildman–Crippen LogP) is -1.19. The first-order valence-electron chi connectivity index (χ1n) is 3.62. The zero-order valence-corrected chi connectivity index (χ0v) is 7.29. The Labute approximate surface area is 78.2 Å². The average Bonchev–Trinajstić information content (AvgIpc) is 2.10. The normalized spacial score (nSPS) is 9.50. The number of rotatable bonds is 1. The molecular formula is C6H9N5O3. The maximum absolute atomic E-state index is 11.1. The monoisotopic (exact) mass is 199 g/mol. The first kappa shape index (κ1) is 9.84. The van der Waals surface area contributed by atoms with Crippen LogP contribution in [-0.4, -0.2) is 28.2 Å². The number of H-pyrrole nitrogens is 1. The lowest BCUT2D eigenvalue weighted by Gasteiger charge is -2.04. The molecule has 1 aromatic heterocycles. The topological polar surface area (TPSA) is 133 Å². The van der Waals surface area contributed by atoms with E-state index in [9.17, 15) is 9.59 Å². The minimum absolute atomic E-state index is 0.227. The Morgan fingerprint density at radius 3 is 2.79 bits per heavy atom. The van der Waals surface area contributed by atoms with Crippen molar-refractivity contribution in [2.75, 3.05) is 18.1 Å². The molecule has 0 fully saturated rings. The Morgan fingerprint density at radius 2 is 2.29 bits per heavy atom. The van der Waals surface area contributed by atoms with Gasteiger partial charge in [0, 0.05) is 7.05 Å². The van der Waals surface area contributed by atoms with Crippen molar-refractivity contribution in [2.45, 2.75) is 0 Å². The molecular weight excluding hydrogens is 190 g/mol. The van der Waals surface area contributed by atoms with Crippen LogP contribution in [-0.2, 0) is 0 Å². The van der Waals surface area contributed by atoms with Crippen LogP contribution in [0, 0.1) is 0 Å². The Bertz CT molecular complexity index is 412. The molecule has 14 heavy (non-hydrogen) atoms. The summed E-state index contributed by atoms with van der Waals surface area (Å²) in [5.41, 5.74) is 4.06. The molecule has 0 aliphatic rings. The number of aromatic hydroxyl groups is 1. The van der Waals surface area contributed by atoms with Crippen LogP contribution >= 0.6 is 0 Å². The van der Waals surface area contributed by atoms with Gasteiger partial charge in [-0.05, 0) is 0 Å². The fourth-order valence-electron chi connectivity index (χ4n) is 0.767.